The van der Waals surface area contributed by atoms with Gasteiger partial charge in [-0.15, -0.1) is 0 Å². The van der Waals surface area contributed by atoms with Crippen LogP contribution in [0.4, 0.5) is 0 Å². The van der Waals surface area contributed by atoms with Gasteiger partial charge in [0.05, 0.1) is 0 Å². The van der Waals surface area contributed by atoms with Gasteiger partial charge in [-0.25, -0.2) is 0 Å². The van der Waals surface area contributed by atoms with E-state index in [-0.39, 0.29) is 0 Å². The summed E-state index contributed by atoms with van der Waals surface area (Å²) in [6.07, 6.45) is 2.02. The predicted octanol–water partition coefficient (Wildman–Crippen LogP) is -0.220. The van der Waals surface area contributed by atoms with E-state index in [1.807, 2.05) is 6.20 Å². The molecule has 1 N–H and O–H groups in total. The van der Waals surface area contributed by atoms with E-state index in [9.17, 15) is 0 Å². The van der Waals surface area contributed by atoms with Crippen LogP contribution in [0.5, 0.6) is 0 Å². The first-order valence-corrected chi connectivity index (χ1v) is 3.08. The van der Waals surface area contributed by atoms with Gasteiger partial charge in [-0.2, -0.15) is 0 Å². The SMILES string of the molecule is CC(C)=CN[SiH3]. The first-order valence-electron chi connectivity index (χ1n) is 2.08. The van der Waals surface area contributed by atoms with Crippen molar-refractivity contribution in [3.8, 4) is 0 Å². The largest absolute Gasteiger partial charge is 0.425 e. The third kappa shape index (κ3) is 3.76. The lowest BCUT2D eigenvalue weighted by Gasteiger charge is -1.85. The van der Waals surface area contributed by atoms with Crippen LogP contribution >= 0.6 is 0 Å². The zero-order valence-electron chi connectivity index (χ0n) is 4.58. The Kier molecular flexibility index (Phi) is 2.85. The van der Waals surface area contributed by atoms with Gasteiger partial charge in [-0.3, -0.25) is 0 Å². The van der Waals surface area contributed by atoms with Gasteiger partial charge in [0.1, 0.15) is 10.4 Å². The summed E-state index contributed by atoms with van der Waals surface area (Å²) in [6.45, 7) is 4.15. The minimum atomic E-state index is 1.06. The van der Waals surface area contributed by atoms with Crippen molar-refractivity contribution in [1.29, 1.82) is 0 Å². The summed E-state index contributed by atoms with van der Waals surface area (Å²) in [5, 5.41) is 0. The maximum absolute atomic E-state index is 3.04. The summed E-state index contributed by atoms with van der Waals surface area (Å²) in [5.41, 5.74) is 1.34. The van der Waals surface area contributed by atoms with Crippen molar-refractivity contribution >= 4 is 10.4 Å². The monoisotopic (exact) mass is 101 g/mol. The molecule has 6 heavy (non-hydrogen) atoms. The summed E-state index contributed by atoms with van der Waals surface area (Å²) in [5.74, 6) is 0. The van der Waals surface area contributed by atoms with Gasteiger partial charge in [-0.1, -0.05) is 5.57 Å². The average Bonchev–Trinajstić information content (AvgIpc) is 1.35. The van der Waals surface area contributed by atoms with E-state index < -0.39 is 0 Å². The van der Waals surface area contributed by atoms with Gasteiger partial charge in [0, 0.05) is 0 Å². The molecule has 0 saturated carbocycles. The lowest BCUT2D eigenvalue weighted by Crippen LogP contribution is -1.95. The molecule has 2 heteroatoms. The molecule has 0 rings (SSSR count). The molecule has 0 aromatic rings. The highest BCUT2D eigenvalue weighted by molar-refractivity contribution is 6.05. The standard InChI is InChI=1S/C4H11NSi/c1-4(2)3-5-6/h3,5H,1-2,6H3. The second-order valence-corrected chi connectivity index (χ2v) is 2.09. The first-order chi connectivity index (χ1) is 2.77. The van der Waals surface area contributed by atoms with E-state index in [0.29, 0.717) is 0 Å². The summed E-state index contributed by atoms with van der Waals surface area (Å²) in [7, 11) is 1.06. The lowest BCUT2D eigenvalue weighted by atomic mass is 10.4. The lowest BCUT2D eigenvalue weighted by molar-refractivity contribution is 1.27. The Morgan fingerprint density at radius 2 is 2.17 bits per heavy atom. The minimum absolute atomic E-state index is 1.06. The molecule has 0 saturated heterocycles. The molecule has 0 fully saturated rings. The van der Waals surface area contributed by atoms with Crippen LogP contribution in [0.25, 0.3) is 0 Å². The normalized spacial score (nSPS) is 7.67. The van der Waals surface area contributed by atoms with Gasteiger partial charge >= 0.3 is 0 Å². The number of rotatable bonds is 1. The number of hydrogen-bond acceptors (Lipinski definition) is 1. The smallest absolute Gasteiger partial charge is 0.103 e. The number of allylic oxidation sites excluding steroid dienone is 1. The van der Waals surface area contributed by atoms with Gasteiger partial charge in [0.15, 0.2) is 0 Å². The van der Waals surface area contributed by atoms with Crippen molar-refractivity contribution in [3.63, 3.8) is 0 Å². The van der Waals surface area contributed by atoms with Gasteiger partial charge in [-0.05, 0) is 20.0 Å². The summed E-state index contributed by atoms with van der Waals surface area (Å²) < 4.78 is 0. The van der Waals surface area contributed by atoms with Crippen molar-refractivity contribution in [2.24, 2.45) is 0 Å². The molecule has 0 radical (unpaired) electrons. The van der Waals surface area contributed by atoms with Crippen molar-refractivity contribution in [2.45, 2.75) is 13.8 Å². The maximum Gasteiger partial charge on any atom is 0.103 e. The molecular formula is C4H11NSi. The first kappa shape index (κ1) is 5.76. The van der Waals surface area contributed by atoms with Gasteiger partial charge < -0.3 is 4.98 Å². The van der Waals surface area contributed by atoms with Crippen LogP contribution in [0.3, 0.4) is 0 Å². The fraction of sp³-hybridized carbons (Fsp3) is 0.500. The molecule has 0 aliphatic carbocycles. The molecule has 36 valence electrons. The molecule has 0 spiro atoms. The zero-order valence-corrected chi connectivity index (χ0v) is 6.58. The molecule has 0 heterocycles. The minimum Gasteiger partial charge on any atom is -0.425 e. The van der Waals surface area contributed by atoms with Crippen LogP contribution in [0.2, 0.25) is 0 Å². The van der Waals surface area contributed by atoms with Gasteiger partial charge in [0.25, 0.3) is 0 Å². The van der Waals surface area contributed by atoms with Crippen LogP contribution in [0.1, 0.15) is 13.8 Å². The zero-order chi connectivity index (χ0) is 4.99. The van der Waals surface area contributed by atoms with E-state index in [0.717, 1.165) is 10.4 Å². The van der Waals surface area contributed by atoms with E-state index in [4.69, 9.17) is 0 Å². The summed E-state index contributed by atoms with van der Waals surface area (Å²) in [4.78, 5) is 3.04. The quantitative estimate of drug-likeness (QED) is 0.450. The Labute approximate surface area is 41.9 Å². The van der Waals surface area contributed by atoms with Gasteiger partial charge in [0.2, 0.25) is 0 Å². The van der Waals surface area contributed by atoms with Crippen LogP contribution in [0.15, 0.2) is 11.8 Å². The molecule has 0 aromatic carbocycles. The molecule has 1 nitrogen and oxygen atoms in total. The summed E-state index contributed by atoms with van der Waals surface area (Å²) >= 11 is 0. The number of hydrogen-bond donors (Lipinski definition) is 1. The Hall–Kier alpha value is -0.243. The molecule has 0 unspecified atom stereocenters. The predicted molar refractivity (Wildman–Crippen MR) is 32.5 cm³/mol. The maximum atomic E-state index is 3.04. The fourth-order valence-electron chi connectivity index (χ4n) is 0.289. The third-order valence-corrected chi connectivity index (χ3v) is 0.722. The van der Waals surface area contributed by atoms with Crippen molar-refractivity contribution in [2.75, 3.05) is 0 Å². The molecule has 0 amide bonds. The second-order valence-electron chi connectivity index (χ2n) is 1.51. The highest BCUT2D eigenvalue weighted by Gasteiger charge is 1.65. The molecule has 0 aliphatic heterocycles. The third-order valence-electron chi connectivity index (χ3n) is 0.433. The van der Waals surface area contributed by atoms with E-state index >= 15 is 0 Å². The van der Waals surface area contributed by atoms with Crippen molar-refractivity contribution in [3.05, 3.63) is 11.8 Å². The van der Waals surface area contributed by atoms with Crippen LogP contribution in [-0.2, 0) is 0 Å². The Balaban J connectivity index is 3.14. The van der Waals surface area contributed by atoms with E-state index in [1.165, 1.54) is 5.57 Å². The van der Waals surface area contributed by atoms with E-state index in [1.54, 1.807) is 0 Å². The van der Waals surface area contributed by atoms with Crippen LogP contribution < -0.4 is 4.98 Å². The average molecular weight is 101 g/mol. The van der Waals surface area contributed by atoms with E-state index in [2.05, 4.69) is 18.8 Å². The topological polar surface area (TPSA) is 12.0 Å². The fourth-order valence-corrected chi connectivity index (χ4v) is 0.866. The molecule has 0 atom stereocenters. The molecule has 0 aliphatic rings. The number of nitrogens with one attached hydrogen (secondary N) is 1. The Morgan fingerprint density at radius 1 is 1.67 bits per heavy atom. The highest BCUT2D eigenvalue weighted by atomic mass is 28.2. The summed E-state index contributed by atoms with van der Waals surface area (Å²) in [6, 6.07) is 0. The highest BCUT2D eigenvalue weighted by Crippen LogP contribution is 1.80. The molecular weight excluding hydrogens is 90.1 g/mol. The molecule has 0 bridgehead atoms. The molecule has 0 aromatic heterocycles. The second kappa shape index (κ2) is 2.97. The Bertz CT molecular complexity index is 54.6. The van der Waals surface area contributed by atoms with Crippen LogP contribution in [0, 0.1) is 0 Å². The van der Waals surface area contributed by atoms with Crippen LogP contribution in [-0.4, -0.2) is 10.4 Å². The van der Waals surface area contributed by atoms with Crippen molar-refractivity contribution < 1.29 is 0 Å². The Morgan fingerprint density at radius 3 is 2.17 bits per heavy atom. The van der Waals surface area contributed by atoms with Crippen molar-refractivity contribution in [1.82, 2.24) is 4.98 Å².